The van der Waals surface area contributed by atoms with Crippen LogP contribution < -0.4 is 10.9 Å². The zero-order valence-electron chi connectivity index (χ0n) is 14.1. The Morgan fingerprint density at radius 1 is 1.12 bits per heavy atom. The van der Waals surface area contributed by atoms with Gasteiger partial charge in [-0.25, -0.2) is 0 Å². The maximum atomic E-state index is 12.7. The van der Waals surface area contributed by atoms with Crippen molar-refractivity contribution in [3.63, 3.8) is 0 Å². The van der Waals surface area contributed by atoms with Gasteiger partial charge in [0, 0.05) is 18.0 Å². The van der Waals surface area contributed by atoms with Crippen molar-refractivity contribution in [3.05, 3.63) is 80.6 Å². The molecule has 1 atom stereocenters. The predicted molar refractivity (Wildman–Crippen MR) is 99.0 cm³/mol. The number of rotatable bonds is 5. The Morgan fingerprint density at radius 3 is 2.40 bits per heavy atom. The smallest absolute Gasteiger partial charge is 0.357 e. The molecule has 128 valence electrons. The summed E-state index contributed by atoms with van der Waals surface area (Å²) in [5, 5.41) is 15.5. The van der Waals surface area contributed by atoms with Crippen LogP contribution in [0.15, 0.2) is 59.4 Å². The van der Waals surface area contributed by atoms with Crippen molar-refractivity contribution >= 4 is 22.3 Å². The second-order valence-electron chi connectivity index (χ2n) is 5.82. The van der Waals surface area contributed by atoms with Crippen LogP contribution in [-0.4, -0.2) is 9.49 Å². The molecular formula is C19H19N3O3. The lowest BCUT2D eigenvalue weighted by Gasteiger charge is -2.19. The van der Waals surface area contributed by atoms with Gasteiger partial charge in [-0.3, -0.25) is 14.9 Å². The van der Waals surface area contributed by atoms with Crippen molar-refractivity contribution < 1.29 is 4.92 Å². The van der Waals surface area contributed by atoms with E-state index in [0.29, 0.717) is 17.4 Å². The van der Waals surface area contributed by atoms with E-state index >= 15 is 0 Å². The number of aryl methyl sites for hydroxylation is 1. The summed E-state index contributed by atoms with van der Waals surface area (Å²) in [5.41, 5.74) is 0.938. The van der Waals surface area contributed by atoms with Gasteiger partial charge >= 0.3 is 11.2 Å². The third-order valence-electron chi connectivity index (χ3n) is 4.31. The molecule has 1 aromatic heterocycles. The van der Waals surface area contributed by atoms with Gasteiger partial charge in [0.25, 0.3) is 0 Å². The number of fused-ring (bicyclic) bond motifs is 1. The summed E-state index contributed by atoms with van der Waals surface area (Å²) in [5.74, 6) is 0. The Morgan fingerprint density at radius 2 is 1.76 bits per heavy atom. The van der Waals surface area contributed by atoms with E-state index in [1.807, 2.05) is 55.5 Å². The minimum Gasteiger partial charge on any atom is -0.372 e. The average molecular weight is 337 g/mol. The van der Waals surface area contributed by atoms with Crippen LogP contribution in [-0.2, 0) is 6.54 Å². The first kappa shape index (κ1) is 16.7. The van der Waals surface area contributed by atoms with Crippen LogP contribution in [0.5, 0.6) is 0 Å². The van der Waals surface area contributed by atoms with Gasteiger partial charge < -0.3 is 9.88 Å². The molecule has 1 heterocycles. The summed E-state index contributed by atoms with van der Waals surface area (Å²) in [6.45, 7) is 4.09. The normalized spacial score (nSPS) is 12.1. The number of nitrogens with zero attached hydrogens (tertiary/aromatic N) is 2. The molecule has 0 saturated heterocycles. The maximum Gasteiger partial charge on any atom is 0.357 e. The number of aromatic nitrogens is 1. The van der Waals surface area contributed by atoms with Crippen LogP contribution in [0.4, 0.5) is 11.4 Å². The molecule has 0 amide bonds. The second-order valence-corrected chi connectivity index (χ2v) is 5.82. The number of para-hydroxylation sites is 1. The van der Waals surface area contributed by atoms with Crippen LogP contribution in [0.2, 0.25) is 0 Å². The first-order chi connectivity index (χ1) is 12.0. The highest BCUT2D eigenvalue weighted by molar-refractivity contribution is 5.96. The third-order valence-corrected chi connectivity index (χ3v) is 4.31. The van der Waals surface area contributed by atoms with E-state index in [2.05, 4.69) is 5.32 Å². The van der Waals surface area contributed by atoms with E-state index in [1.165, 1.54) is 4.57 Å². The van der Waals surface area contributed by atoms with Gasteiger partial charge in [0.05, 0.1) is 10.4 Å². The Balaban J connectivity index is 2.24. The molecule has 3 rings (SSSR count). The Hall–Kier alpha value is -3.15. The molecule has 0 spiro atoms. The summed E-state index contributed by atoms with van der Waals surface area (Å²) in [4.78, 5) is 23.7. The Labute approximate surface area is 144 Å². The van der Waals surface area contributed by atoms with E-state index < -0.39 is 16.2 Å². The van der Waals surface area contributed by atoms with Crippen LogP contribution in [0, 0.1) is 10.1 Å². The highest BCUT2D eigenvalue weighted by atomic mass is 16.6. The molecule has 0 radical (unpaired) electrons. The SMILES string of the molecule is CCn1c(=O)c([N+](=O)[O-])c(NC(C)c2ccccc2)c2ccccc21. The fourth-order valence-corrected chi connectivity index (χ4v) is 3.06. The molecule has 6 heteroatoms. The van der Waals surface area contributed by atoms with Crippen molar-refractivity contribution in [2.45, 2.75) is 26.4 Å². The molecule has 3 aromatic rings. The summed E-state index contributed by atoms with van der Waals surface area (Å²) in [7, 11) is 0. The number of hydrogen-bond acceptors (Lipinski definition) is 4. The molecule has 0 fully saturated rings. The molecule has 2 aromatic carbocycles. The van der Waals surface area contributed by atoms with Gasteiger partial charge in [-0.15, -0.1) is 0 Å². The van der Waals surface area contributed by atoms with Gasteiger partial charge in [-0.1, -0.05) is 48.5 Å². The van der Waals surface area contributed by atoms with Crippen molar-refractivity contribution in [2.75, 3.05) is 5.32 Å². The Kier molecular flexibility index (Phi) is 4.52. The topological polar surface area (TPSA) is 77.2 Å². The van der Waals surface area contributed by atoms with Crippen molar-refractivity contribution in [1.29, 1.82) is 0 Å². The van der Waals surface area contributed by atoms with E-state index in [4.69, 9.17) is 0 Å². The van der Waals surface area contributed by atoms with Gasteiger partial charge in [0.15, 0.2) is 0 Å². The van der Waals surface area contributed by atoms with Gasteiger partial charge in [-0.05, 0) is 25.5 Å². The third kappa shape index (κ3) is 2.98. The first-order valence-corrected chi connectivity index (χ1v) is 8.16. The quantitative estimate of drug-likeness (QED) is 0.561. The molecule has 0 bridgehead atoms. The summed E-state index contributed by atoms with van der Waals surface area (Å²) >= 11 is 0. The van der Waals surface area contributed by atoms with Crippen LogP contribution in [0.3, 0.4) is 0 Å². The second kappa shape index (κ2) is 6.76. The number of nitro groups is 1. The maximum absolute atomic E-state index is 12.7. The largest absolute Gasteiger partial charge is 0.372 e. The van der Waals surface area contributed by atoms with Crippen molar-refractivity contribution in [1.82, 2.24) is 4.57 Å². The van der Waals surface area contributed by atoms with Crippen molar-refractivity contribution in [3.8, 4) is 0 Å². The van der Waals surface area contributed by atoms with Gasteiger partial charge in [-0.2, -0.15) is 0 Å². The Bertz CT molecular complexity index is 980. The molecular weight excluding hydrogens is 318 g/mol. The minimum atomic E-state index is -0.596. The summed E-state index contributed by atoms with van der Waals surface area (Å²) in [6, 6.07) is 16.7. The standard InChI is InChI=1S/C19H19N3O3/c1-3-21-16-12-8-7-11-15(16)17(18(19(21)23)22(24)25)20-13(2)14-9-5-4-6-10-14/h4-13,20H,3H2,1-2H3. The molecule has 25 heavy (non-hydrogen) atoms. The molecule has 0 aliphatic rings. The molecule has 1 unspecified atom stereocenters. The molecule has 1 N–H and O–H groups in total. The predicted octanol–water partition coefficient (Wildman–Crippen LogP) is 4.10. The number of hydrogen-bond donors (Lipinski definition) is 1. The van der Waals surface area contributed by atoms with Crippen molar-refractivity contribution in [2.24, 2.45) is 0 Å². The minimum absolute atomic E-state index is 0.180. The number of pyridine rings is 1. The highest BCUT2D eigenvalue weighted by Gasteiger charge is 2.26. The van der Waals surface area contributed by atoms with Gasteiger partial charge in [0.2, 0.25) is 0 Å². The number of nitrogens with one attached hydrogen (secondary N) is 1. The fourth-order valence-electron chi connectivity index (χ4n) is 3.06. The molecule has 0 aliphatic heterocycles. The lowest BCUT2D eigenvalue weighted by Crippen LogP contribution is -2.24. The zero-order valence-corrected chi connectivity index (χ0v) is 14.1. The monoisotopic (exact) mass is 337 g/mol. The molecule has 0 saturated carbocycles. The van der Waals surface area contributed by atoms with E-state index in [1.54, 1.807) is 13.0 Å². The van der Waals surface area contributed by atoms with E-state index in [-0.39, 0.29) is 11.7 Å². The van der Waals surface area contributed by atoms with E-state index in [9.17, 15) is 14.9 Å². The highest BCUT2D eigenvalue weighted by Crippen LogP contribution is 2.32. The summed E-state index contributed by atoms with van der Waals surface area (Å²) < 4.78 is 1.44. The molecule has 6 nitrogen and oxygen atoms in total. The zero-order chi connectivity index (χ0) is 18.0. The summed E-state index contributed by atoms with van der Waals surface area (Å²) in [6.07, 6.45) is 0. The average Bonchev–Trinajstić information content (AvgIpc) is 2.62. The number of benzene rings is 2. The number of anilines is 1. The molecule has 0 aliphatic carbocycles. The lowest BCUT2D eigenvalue weighted by atomic mass is 10.1. The van der Waals surface area contributed by atoms with Crippen LogP contribution >= 0.6 is 0 Å². The first-order valence-electron chi connectivity index (χ1n) is 8.16. The van der Waals surface area contributed by atoms with E-state index in [0.717, 1.165) is 5.56 Å². The van der Waals surface area contributed by atoms with Gasteiger partial charge in [0.1, 0.15) is 5.69 Å². The lowest BCUT2D eigenvalue weighted by molar-refractivity contribution is -0.385. The van der Waals surface area contributed by atoms with Crippen LogP contribution in [0.1, 0.15) is 25.5 Å². The fraction of sp³-hybridized carbons (Fsp3) is 0.211. The van der Waals surface area contributed by atoms with Crippen LogP contribution in [0.25, 0.3) is 10.9 Å².